The molecular weight excluding hydrogens is 280 g/mol. The van der Waals surface area contributed by atoms with Gasteiger partial charge in [-0.05, 0) is 18.1 Å². The molecular formula is C16H16N4S. The minimum absolute atomic E-state index is 0.257. The van der Waals surface area contributed by atoms with Crippen LogP contribution in [0.2, 0.25) is 0 Å². The fraction of sp³-hybridized carbons (Fsp3) is 0.312. The summed E-state index contributed by atoms with van der Waals surface area (Å²) in [5.74, 6) is 2.18. The van der Waals surface area contributed by atoms with Gasteiger partial charge in [0.25, 0.3) is 0 Å². The zero-order valence-corrected chi connectivity index (χ0v) is 12.6. The number of rotatable bonds is 2. The minimum Gasteiger partial charge on any atom is -0.367 e. The van der Waals surface area contributed by atoms with E-state index in [0.717, 1.165) is 23.8 Å². The van der Waals surface area contributed by atoms with E-state index in [4.69, 9.17) is 4.99 Å². The third kappa shape index (κ3) is 2.21. The monoisotopic (exact) mass is 296 g/mol. The Kier molecular flexibility index (Phi) is 3.15. The Labute approximate surface area is 128 Å². The highest BCUT2D eigenvalue weighted by Gasteiger charge is 2.33. The van der Waals surface area contributed by atoms with Gasteiger partial charge in [0.15, 0.2) is 0 Å². The second kappa shape index (κ2) is 5.15. The number of hydrogen-bond acceptors (Lipinski definition) is 5. The van der Waals surface area contributed by atoms with Crippen LogP contribution in [0.1, 0.15) is 28.8 Å². The van der Waals surface area contributed by atoms with Crippen molar-refractivity contribution in [3.05, 3.63) is 53.5 Å². The van der Waals surface area contributed by atoms with Gasteiger partial charge in [-0.3, -0.25) is 9.98 Å². The molecule has 0 radical (unpaired) electrons. The summed E-state index contributed by atoms with van der Waals surface area (Å²) in [6.07, 6.45) is 3.49. The molecule has 4 nitrogen and oxygen atoms in total. The molecule has 2 unspecified atom stereocenters. The molecule has 0 saturated heterocycles. The van der Waals surface area contributed by atoms with Crippen molar-refractivity contribution in [2.24, 2.45) is 4.99 Å². The van der Waals surface area contributed by atoms with E-state index < -0.39 is 0 Å². The number of thioether (sulfide) groups is 1. The van der Waals surface area contributed by atoms with Gasteiger partial charge in [0.2, 0.25) is 0 Å². The Morgan fingerprint density at radius 1 is 1.19 bits per heavy atom. The average molecular weight is 296 g/mol. The fourth-order valence-corrected chi connectivity index (χ4v) is 4.12. The maximum Gasteiger partial charge on any atom is 0.148 e. The van der Waals surface area contributed by atoms with Crippen molar-refractivity contribution < 1.29 is 0 Å². The molecule has 4 rings (SSSR count). The Morgan fingerprint density at radius 3 is 2.95 bits per heavy atom. The van der Waals surface area contributed by atoms with Crippen molar-refractivity contribution in [3.63, 3.8) is 0 Å². The number of aryl methyl sites for hydroxylation is 1. The normalized spacial score (nSPS) is 23.6. The zero-order chi connectivity index (χ0) is 14.2. The molecule has 2 aliphatic rings. The molecule has 0 amide bonds. The van der Waals surface area contributed by atoms with Crippen LogP contribution >= 0.6 is 11.8 Å². The predicted molar refractivity (Wildman–Crippen MR) is 87.1 cm³/mol. The molecule has 2 aromatic rings. The SMILES string of the molecule is Cc1ccccc1C1CSC(C2CNc3nccnc32)=N1. The molecule has 1 aromatic heterocycles. The van der Waals surface area contributed by atoms with E-state index in [9.17, 15) is 0 Å². The number of hydrogen-bond donors (Lipinski definition) is 1. The highest BCUT2D eigenvalue weighted by atomic mass is 32.2. The second-order valence-corrected chi connectivity index (χ2v) is 6.41. The lowest BCUT2D eigenvalue weighted by Gasteiger charge is -2.09. The first-order valence-electron chi connectivity index (χ1n) is 7.13. The molecule has 5 heteroatoms. The molecule has 0 saturated carbocycles. The van der Waals surface area contributed by atoms with E-state index >= 15 is 0 Å². The lowest BCUT2D eigenvalue weighted by Crippen LogP contribution is -2.10. The van der Waals surface area contributed by atoms with Crippen LogP contribution in [0.4, 0.5) is 5.82 Å². The number of nitrogens with one attached hydrogen (secondary N) is 1. The van der Waals surface area contributed by atoms with Gasteiger partial charge in [-0.25, -0.2) is 4.98 Å². The highest BCUT2D eigenvalue weighted by Crippen LogP contribution is 2.39. The quantitative estimate of drug-likeness (QED) is 0.924. The molecule has 0 spiro atoms. The van der Waals surface area contributed by atoms with Crippen LogP contribution < -0.4 is 5.32 Å². The van der Waals surface area contributed by atoms with E-state index in [1.807, 2.05) is 11.8 Å². The van der Waals surface area contributed by atoms with Gasteiger partial charge in [0.1, 0.15) is 5.82 Å². The van der Waals surface area contributed by atoms with Crippen molar-refractivity contribution in [1.82, 2.24) is 9.97 Å². The predicted octanol–water partition coefficient (Wildman–Crippen LogP) is 3.18. The van der Waals surface area contributed by atoms with Crippen LogP contribution in [0.25, 0.3) is 0 Å². The largest absolute Gasteiger partial charge is 0.367 e. The average Bonchev–Trinajstić information content (AvgIpc) is 3.14. The van der Waals surface area contributed by atoms with Gasteiger partial charge in [-0.1, -0.05) is 24.3 Å². The third-order valence-corrected chi connectivity index (χ3v) is 5.22. The van der Waals surface area contributed by atoms with E-state index in [1.54, 1.807) is 12.4 Å². The number of aliphatic imine (C=N–C) groups is 1. The topological polar surface area (TPSA) is 50.2 Å². The molecule has 1 aromatic carbocycles. The first-order valence-corrected chi connectivity index (χ1v) is 8.12. The number of aromatic nitrogens is 2. The van der Waals surface area contributed by atoms with E-state index in [-0.39, 0.29) is 12.0 Å². The molecule has 0 fully saturated rings. The van der Waals surface area contributed by atoms with E-state index in [0.29, 0.717) is 0 Å². The van der Waals surface area contributed by atoms with E-state index in [2.05, 4.69) is 46.5 Å². The summed E-state index contributed by atoms with van der Waals surface area (Å²) in [6.45, 7) is 3.01. The highest BCUT2D eigenvalue weighted by molar-refractivity contribution is 8.14. The van der Waals surface area contributed by atoms with Gasteiger partial charge in [0.05, 0.1) is 22.7 Å². The first kappa shape index (κ1) is 12.8. The fourth-order valence-electron chi connectivity index (χ4n) is 2.94. The minimum atomic E-state index is 0.257. The number of anilines is 1. The maximum absolute atomic E-state index is 4.97. The standard InChI is InChI=1S/C16H16N4S/c1-10-4-2-3-5-11(10)13-9-21-16(20-13)12-8-19-15-14(12)17-6-7-18-15/h2-7,12-13H,8-9H2,1H3,(H,18,19). The summed E-state index contributed by atoms with van der Waals surface area (Å²) in [5, 5.41) is 4.52. The summed E-state index contributed by atoms with van der Waals surface area (Å²) in [6, 6.07) is 8.79. The van der Waals surface area contributed by atoms with Gasteiger partial charge in [0, 0.05) is 24.7 Å². The lowest BCUT2D eigenvalue weighted by atomic mass is 10.0. The zero-order valence-electron chi connectivity index (χ0n) is 11.8. The van der Waals surface area contributed by atoms with Crippen molar-refractivity contribution >= 4 is 22.6 Å². The molecule has 0 aliphatic carbocycles. The summed E-state index contributed by atoms with van der Waals surface area (Å²) in [4.78, 5) is 13.8. The number of nitrogens with zero attached hydrogens (tertiary/aromatic N) is 3. The summed E-state index contributed by atoms with van der Waals surface area (Å²) >= 11 is 1.86. The number of fused-ring (bicyclic) bond motifs is 1. The smallest absolute Gasteiger partial charge is 0.148 e. The Bertz CT molecular complexity index is 713. The van der Waals surface area contributed by atoms with Gasteiger partial charge in [-0.15, -0.1) is 11.8 Å². The van der Waals surface area contributed by atoms with Crippen LogP contribution in [0, 0.1) is 6.92 Å². The molecule has 21 heavy (non-hydrogen) atoms. The molecule has 106 valence electrons. The Morgan fingerprint density at radius 2 is 2.05 bits per heavy atom. The second-order valence-electron chi connectivity index (χ2n) is 5.37. The molecule has 2 atom stereocenters. The summed E-state index contributed by atoms with van der Waals surface area (Å²) < 4.78 is 0. The van der Waals surface area contributed by atoms with Crippen molar-refractivity contribution in [2.45, 2.75) is 18.9 Å². The van der Waals surface area contributed by atoms with Crippen LogP contribution in [0.3, 0.4) is 0 Å². The van der Waals surface area contributed by atoms with Crippen molar-refractivity contribution in [3.8, 4) is 0 Å². The van der Waals surface area contributed by atoms with Gasteiger partial charge >= 0.3 is 0 Å². The van der Waals surface area contributed by atoms with E-state index in [1.165, 1.54) is 16.2 Å². The summed E-state index contributed by atoms with van der Waals surface area (Å²) in [7, 11) is 0. The first-order chi connectivity index (χ1) is 10.3. The Balaban J connectivity index is 1.64. The lowest BCUT2D eigenvalue weighted by molar-refractivity contribution is 0.829. The Hall–Kier alpha value is -1.88. The van der Waals surface area contributed by atoms with Crippen LogP contribution in [-0.2, 0) is 0 Å². The van der Waals surface area contributed by atoms with Gasteiger partial charge < -0.3 is 5.32 Å². The van der Waals surface area contributed by atoms with Gasteiger partial charge in [-0.2, -0.15) is 0 Å². The molecule has 1 N–H and O–H groups in total. The molecule has 3 heterocycles. The maximum atomic E-state index is 4.97. The van der Waals surface area contributed by atoms with Crippen molar-refractivity contribution in [2.75, 3.05) is 17.6 Å². The van der Waals surface area contributed by atoms with Crippen molar-refractivity contribution in [1.29, 1.82) is 0 Å². The van der Waals surface area contributed by atoms with Crippen LogP contribution in [0.15, 0.2) is 41.7 Å². The molecule has 2 aliphatic heterocycles. The van der Waals surface area contributed by atoms with Crippen LogP contribution in [0.5, 0.6) is 0 Å². The third-order valence-electron chi connectivity index (χ3n) is 4.05. The summed E-state index contributed by atoms with van der Waals surface area (Å²) in [5.41, 5.74) is 3.69. The number of benzene rings is 1. The molecule has 0 bridgehead atoms. The van der Waals surface area contributed by atoms with Crippen LogP contribution in [-0.4, -0.2) is 27.3 Å².